The van der Waals surface area contributed by atoms with Crippen molar-refractivity contribution in [2.24, 2.45) is 11.8 Å². The van der Waals surface area contributed by atoms with Gasteiger partial charge in [0.25, 0.3) is 0 Å². The second-order valence-electron chi connectivity index (χ2n) is 7.38. The smallest absolute Gasteiger partial charge is 0.228 e. The molecule has 9 nitrogen and oxygen atoms in total. The van der Waals surface area contributed by atoms with Crippen LogP contribution in [0.2, 0.25) is 0 Å². The molecule has 5 rings (SSSR count). The molecular weight excluding hydrogens is 382 g/mol. The van der Waals surface area contributed by atoms with Gasteiger partial charge in [-0.15, -0.1) is 5.10 Å². The first-order valence-electron chi connectivity index (χ1n) is 11.0. The van der Waals surface area contributed by atoms with E-state index in [1.54, 1.807) is 36.0 Å². The summed E-state index contributed by atoms with van der Waals surface area (Å²) < 4.78 is 29.5. The number of nitrogens with one attached hydrogen (secondary N) is 2. The maximum Gasteiger partial charge on any atom is 0.228 e. The summed E-state index contributed by atoms with van der Waals surface area (Å²) in [5.41, 5.74) is 1.18. The Labute approximate surface area is 176 Å². The number of aromatic nitrogens is 5. The van der Waals surface area contributed by atoms with E-state index in [-0.39, 0.29) is 17.6 Å². The highest BCUT2D eigenvalue weighted by atomic mass is 16.5. The van der Waals surface area contributed by atoms with Gasteiger partial charge in [0.1, 0.15) is 17.4 Å². The molecule has 0 saturated heterocycles. The summed E-state index contributed by atoms with van der Waals surface area (Å²) in [5, 5.41) is 10.9. The van der Waals surface area contributed by atoms with E-state index in [9.17, 15) is 4.79 Å². The van der Waals surface area contributed by atoms with Crippen molar-refractivity contribution in [3.05, 3.63) is 36.8 Å². The molecule has 2 N–H and O–H groups in total. The van der Waals surface area contributed by atoms with Crippen LogP contribution in [0.4, 0.5) is 11.6 Å². The third kappa shape index (κ3) is 3.08. The first-order valence-corrected chi connectivity index (χ1v) is 9.50. The van der Waals surface area contributed by atoms with Gasteiger partial charge in [-0.25, -0.2) is 19.5 Å². The summed E-state index contributed by atoms with van der Waals surface area (Å²) in [6.45, 7) is -0.410. The average molecular weight is 406 g/mol. The average Bonchev–Trinajstić information content (AvgIpc) is 3.35. The number of carbonyl (C=O) groups is 1. The van der Waals surface area contributed by atoms with E-state index in [0.717, 1.165) is 6.42 Å². The van der Waals surface area contributed by atoms with Crippen molar-refractivity contribution >= 4 is 34.0 Å². The summed E-state index contributed by atoms with van der Waals surface area (Å²) in [6, 6.07) is 5.25. The lowest BCUT2D eigenvalue weighted by atomic mass is 10.1. The minimum atomic E-state index is -2.44. The molecule has 2 atom stereocenters. The molecule has 0 unspecified atom stereocenters. The highest BCUT2D eigenvalue weighted by Gasteiger charge is 2.39. The highest BCUT2D eigenvalue weighted by molar-refractivity contribution is 6.03. The molecule has 0 spiro atoms. The molecule has 4 heterocycles. The number of pyridine rings is 3. The zero-order valence-electron chi connectivity index (χ0n) is 19.4. The number of methoxy groups -OCH3 is 1. The number of carbonyl (C=O) groups excluding carboxylic acids is 1. The van der Waals surface area contributed by atoms with Gasteiger partial charge in [-0.1, -0.05) is 6.92 Å². The van der Waals surface area contributed by atoms with E-state index < -0.39 is 6.98 Å². The Morgan fingerprint density at radius 1 is 1.30 bits per heavy atom. The van der Waals surface area contributed by atoms with Gasteiger partial charge >= 0.3 is 0 Å². The first kappa shape index (κ1) is 15.1. The number of amides is 1. The predicted molar refractivity (Wildman–Crippen MR) is 114 cm³/mol. The van der Waals surface area contributed by atoms with Crippen molar-refractivity contribution in [2.75, 3.05) is 24.7 Å². The Balaban J connectivity index is 1.62. The topological polar surface area (TPSA) is 106 Å². The van der Waals surface area contributed by atoms with Crippen molar-refractivity contribution in [2.45, 2.75) is 13.3 Å². The van der Waals surface area contributed by atoms with Crippen molar-refractivity contribution in [3.8, 4) is 17.1 Å². The van der Waals surface area contributed by atoms with Crippen molar-refractivity contribution in [3.63, 3.8) is 0 Å². The van der Waals surface area contributed by atoms with Gasteiger partial charge in [0.2, 0.25) is 5.91 Å². The number of ether oxygens (including phenoxy) is 1. The lowest BCUT2D eigenvalue weighted by Gasteiger charge is -2.10. The summed E-state index contributed by atoms with van der Waals surface area (Å²) in [6.07, 6.45) is 5.56. The Morgan fingerprint density at radius 2 is 2.17 bits per heavy atom. The number of rotatable bonds is 5. The van der Waals surface area contributed by atoms with Crippen molar-refractivity contribution < 1.29 is 13.6 Å². The number of anilines is 2. The normalized spacial score (nSPS) is 19.7. The first-order chi connectivity index (χ1) is 15.7. The van der Waals surface area contributed by atoms with Crippen LogP contribution in [0.25, 0.3) is 27.8 Å². The minimum Gasteiger partial charge on any atom is -0.495 e. The molecule has 30 heavy (non-hydrogen) atoms. The maximum absolute atomic E-state index is 12.4. The molecule has 0 bridgehead atoms. The van der Waals surface area contributed by atoms with Crippen LogP contribution in [0.3, 0.4) is 0 Å². The van der Waals surface area contributed by atoms with Gasteiger partial charge in [0.15, 0.2) is 11.5 Å². The highest BCUT2D eigenvalue weighted by Crippen LogP contribution is 2.38. The van der Waals surface area contributed by atoms with Crippen LogP contribution >= 0.6 is 0 Å². The van der Waals surface area contributed by atoms with Crippen LogP contribution in [0, 0.1) is 11.8 Å². The van der Waals surface area contributed by atoms with Crippen LogP contribution in [-0.4, -0.2) is 44.6 Å². The van der Waals surface area contributed by atoms with Crippen LogP contribution in [0.5, 0.6) is 5.75 Å². The molecular formula is C21H21N7O2. The molecule has 9 heteroatoms. The Bertz CT molecular complexity index is 1390. The van der Waals surface area contributed by atoms with E-state index in [2.05, 4.69) is 30.7 Å². The van der Waals surface area contributed by atoms with Crippen LogP contribution in [-0.2, 0) is 4.79 Å². The zero-order chi connectivity index (χ0) is 23.3. The molecule has 4 aromatic rings. The summed E-state index contributed by atoms with van der Waals surface area (Å²) in [5.74, 6) is 1.80. The van der Waals surface area contributed by atoms with Crippen LogP contribution in [0.1, 0.15) is 17.5 Å². The fourth-order valence-electron chi connectivity index (χ4n) is 3.49. The minimum absolute atomic E-state index is 0.0118. The SMILES string of the molecule is [2H]C([2H])([2H])Nc1ncc(-c2nc3ccc(OC)cn3n2)c2cc(NC(=O)[C@H]3C[C@H]3C)ncc12. The molecule has 1 fully saturated rings. The Hall–Kier alpha value is -3.75. The van der Waals surface area contributed by atoms with Crippen LogP contribution < -0.4 is 15.4 Å². The maximum atomic E-state index is 12.4. The van der Waals surface area contributed by atoms with Gasteiger partial charge in [-0.3, -0.25) is 4.79 Å². The Morgan fingerprint density at radius 3 is 2.93 bits per heavy atom. The van der Waals surface area contributed by atoms with Gasteiger partial charge in [0, 0.05) is 45.7 Å². The summed E-state index contributed by atoms with van der Waals surface area (Å²) in [7, 11) is 1.57. The van der Waals surface area contributed by atoms with Crippen LogP contribution in [0.15, 0.2) is 36.8 Å². The number of fused-ring (bicyclic) bond motifs is 2. The molecule has 1 amide bonds. The third-order valence-corrected chi connectivity index (χ3v) is 5.37. The molecule has 4 aromatic heterocycles. The quantitative estimate of drug-likeness (QED) is 0.525. The molecule has 1 aliphatic rings. The second kappa shape index (κ2) is 6.94. The lowest BCUT2D eigenvalue weighted by molar-refractivity contribution is -0.117. The van der Waals surface area contributed by atoms with Crippen molar-refractivity contribution in [1.29, 1.82) is 0 Å². The van der Waals surface area contributed by atoms with Crippen molar-refractivity contribution in [1.82, 2.24) is 24.6 Å². The summed E-state index contributed by atoms with van der Waals surface area (Å²) >= 11 is 0. The standard InChI is InChI=1S/C21H21N7O2/c1-11-6-13(11)21(29)25-17-7-14-15(8-23-17)19(22-2)24-9-16(14)20-26-18-5-4-12(30-3)10-28(18)27-20/h4-5,7-11,13H,6H2,1-3H3,(H,22,24)(H,23,25,29)/t11-,13+/m1/s1/i2D3. The third-order valence-electron chi connectivity index (χ3n) is 5.37. The number of hydrogen-bond acceptors (Lipinski definition) is 7. The zero-order valence-corrected chi connectivity index (χ0v) is 16.4. The van der Waals surface area contributed by atoms with Gasteiger partial charge in [-0.05, 0) is 30.5 Å². The molecule has 1 saturated carbocycles. The monoisotopic (exact) mass is 406 g/mol. The van der Waals surface area contributed by atoms with E-state index >= 15 is 0 Å². The Kier molecular flexibility index (Phi) is 3.50. The van der Waals surface area contributed by atoms with E-state index in [1.165, 1.54) is 12.4 Å². The van der Waals surface area contributed by atoms with E-state index in [1.807, 2.05) is 6.92 Å². The molecule has 0 aliphatic heterocycles. The van der Waals surface area contributed by atoms with Gasteiger partial charge in [0.05, 0.1) is 13.3 Å². The predicted octanol–water partition coefficient (Wildman–Crippen LogP) is 2.98. The summed E-state index contributed by atoms with van der Waals surface area (Å²) in [4.78, 5) is 25.6. The van der Waals surface area contributed by atoms with Gasteiger partial charge < -0.3 is 15.4 Å². The fourth-order valence-corrected chi connectivity index (χ4v) is 3.49. The second-order valence-corrected chi connectivity index (χ2v) is 7.38. The fraction of sp³-hybridized carbons (Fsp3) is 0.286. The number of hydrogen-bond donors (Lipinski definition) is 2. The molecule has 152 valence electrons. The van der Waals surface area contributed by atoms with E-state index in [0.29, 0.717) is 45.3 Å². The van der Waals surface area contributed by atoms with Gasteiger partial charge in [-0.2, -0.15) is 0 Å². The lowest BCUT2D eigenvalue weighted by Crippen LogP contribution is -2.15. The van der Waals surface area contributed by atoms with E-state index in [4.69, 9.17) is 8.85 Å². The molecule has 0 radical (unpaired) electrons. The molecule has 1 aliphatic carbocycles. The largest absolute Gasteiger partial charge is 0.495 e. The number of nitrogens with zero attached hydrogens (tertiary/aromatic N) is 5. The molecule has 0 aromatic carbocycles.